The topological polar surface area (TPSA) is 88.1 Å². The number of rotatable bonds is 5. The molecule has 2 amide bonds. The summed E-state index contributed by atoms with van der Waals surface area (Å²) in [7, 11) is 3.13. The summed E-state index contributed by atoms with van der Waals surface area (Å²) in [5.41, 5.74) is 0.840. The largest absolute Gasteiger partial charge is 0.496 e. The monoisotopic (exact) mass is 336 g/mol. The molecule has 1 aromatic rings. The average Bonchev–Trinajstić information content (AvgIpc) is 2.60. The van der Waals surface area contributed by atoms with E-state index in [0.717, 1.165) is 5.56 Å². The molecule has 0 radical (unpaired) electrons. The van der Waals surface area contributed by atoms with Crippen LogP contribution < -0.4 is 10.1 Å². The van der Waals surface area contributed by atoms with Gasteiger partial charge in [0.1, 0.15) is 11.8 Å². The van der Waals surface area contributed by atoms with Crippen molar-refractivity contribution in [2.75, 3.05) is 20.8 Å². The molecule has 1 aliphatic heterocycles. The Balaban J connectivity index is 2.09. The molecule has 0 bridgehead atoms. The standard InChI is InChI=1S/C17H24N2O5/c1-11(13-6-4-5-7-15(13)24-3)18-17(22)19-9-8-12(23-2)10-14(19)16(20)21/h4-7,11-12,14H,8-10H2,1-3H3,(H,18,22)(H,20,21). The molecule has 1 aliphatic rings. The van der Waals surface area contributed by atoms with Crippen molar-refractivity contribution in [2.24, 2.45) is 0 Å². The molecule has 3 atom stereocenters. The van der Waals surface area contributed by atoms with Crippen molar-refractivity contribution in [3.05, 3.63) is 29.8 Å². The first kappa shape index (κ1) is 18.1. The van der Waals surface area contributed by atoms with Crippen LogP contribution >= 0.6 is 0 Å². The summed E-state index contributed by atoms with van der Waals surface area (Å²) in [4.78, 5) is 25.4. The van der Waals surface area contributed by atoms with Crippen LogP contribution in [0, 0.1) is 0 Å². The van der Waals surface area contributed by atoms with Crippen molar-refractivity contribution in [1.29, 1.82) is 0 Å². The van der Waals surface area contributed by atoms with E-state index in [1.807, 2.05) is 31.2 Å². The minimum absolute atomic E-state index is 0.137. The second-order valence-corrected chi connectivity index (χ2v) is 5.84. The number of nitrogens with zero attached hydrogens (tertiary/aromatic N) is 1. The summed E-state index contributed by atoms with van der Waals surface area (Å²) >= 11 is 0. The first-order valence-corrected chi connectivity index (χ1v) is 7.93. The van der Waals surface area contributed by atoms with Crippen LogP contribution in [0.4, 0.5) is 4.79 Å². The summed E-state index contributed by atoms with van der Waals surface area (Å²) in [6, 6.07) is 5.84. The van der Waals surface area contributed by atoms with Gasteiger partial charge >= 0.3 is 12.0 Å². The van der Waals surface area contributed by atoms with Crippen LogP contribution in [-0.4, -0.2) is 54.9 Å². The van der Waals surface area contributed by atoms with E-state index in [0.29, 0.717) is 25.1 Å². The van der Waals surface area contributed by atoms with Crippen LogP contribution in [0.15, 0.2) is 24.3 Å². The SMILES string of the molecule is COc1ccccc1C(C)NC(=O)N1CCC(OC)CC1C(=O)O. The predicted molar refractivity (Wildman–Crippen MR) is 88.1 cm³/mol. The van der Waals surface area contributed by atoms with E-state index >= 15 is 0 Å². The molecular weight excluding hydrogens is 312 g/mol. The van der Waals surface area contributed by atoms with Crippen molar-refractivity contribution in [3.63, 3.8) is 0 Å². The Bertz CT molecular complexity index is 592. The minimum Gasteiger partial charge on any atom is -0.496 e. The third-order valence-corrected chi connectivity index (χ3v) is 4.38. The molecule has 0 aliphatic carbocycles. The molecule has 1 heterocycles. The highest BCUT2D eigenvalue weighted by Crippen LogP contribution is 2.25. The Hall–Kier alpha value is -2.28. The molecule has 0 aromatic heterocycles. The van der Waals surface area contributed by atoms with Crippen LogP contribution in [0.25, 0.3) is 0 Å². The van der Waals surface area contributed by atoms with E-state index in [1.54, 1.807) is 14.2 Å². The Morgan fingerprint density at radius 3 is 2.67 bits per heavy atom. The normalized spacial score (nSPS) is 21.9. The first-order valence-electron chi connectivity index (χ1n) is 7.93. The summed E-state index contributed by atoms with van der Waals surface area (Å²) in [5.74, 6) is -0.338. The van der Waals surface area contributed by atoms with Gasteiger partial charge in [-0.1, -0.05) is 18.2 Å². The number of aliphatic carboxylic acids is 1. The number of piperidine rings is 1. The maximum absolute atomic E-state index is 12.6. The second kappa shape index (κ2) is 8.01. The molecule has 2 N–H and O–H groups in total. The van der Waals surface area contributed by atoms with Gasteiger partial charge in [-0.25, -0.2) is 9.59 Å². The minimum atomic E-state index is -1.02. The zero-order chi connectivity index (χ0) is 17.7. The Labute approximate surface area is 141 Å². The third kappa shape index (κ3) is 3.97. The van der Waals surface area contributed by atoms with Gasteiger partial charge in [0.15, 0.2) is 0 Å². The lowest BCUT2D eigenvalue weighted by molar-refractivity contribution is -0.145. The summed E-state index contributed by atoms with van der Waals surface area (Å²) in [6.07, 6.45) is 0.778. The molecule has 0 spiro atoms. The van der Waals surface area contributed by atoms with Crippen molar-refractivity contribution in [1.82, 2.24) is 10.2 Å². The van der Waals surface area contributed by atoms with Gasteiger partial charge in [0.2, 0.25) is 0 Å². The van der Waals surface area contributed by atoms with Crippen LogP contribution in [0.1, 0.15) is 31.4 Å². The number of benzene rings is 1. The van der Waals surface area contributed by atoms with E-state index < -0.39 is 18.0 Å². The number of carbonyl (C=O) groups is 2. The van der Waals surface area contributed by atoms with Gasteiger partial charge in [-0.15, -0.1) is 0 Å². The number of carboxylic acid groups (broad SMARTS) is 1. The second-order valence-electron chi connectivity index (χ2n) is 5.84. The van der Waals surface area contributed by atoms with Crippen molar-refractivity contribution in [3.8, 4) is 5.75 Å². The molecule has 1 fully saturated rings. The molecule has 2 rings (SSSR count). The van der Waals surface area contributed by atoms with Gasteiger partial charge in [0.25, 0.3) is 0 Å². The molecule has 24 heavy (non-hydrogen) atoms. The number of ether oxygens (including phenoxy) is 2. The number of urea groups is 1. The lowest BCUT2D eigenvalue weighted by Crippen LogP contribution is -2.55. The van der Waals surface area contributed by atoms with Gasteiger partial charge in [-0.05, 0) is 19.4 Å². The summed E-state index contributed by atoms with van der Waals surface area (Å²) in [5, 5.41) is 12.3. The van der Waals surface area contributed by atoms with Gasteiger partial charge in [0, 0.05) is 25.6 Å². The Morgan fingerprint density at radius 2 is 2.04 bits per heavy atom. The van der Waals surface area contributed by atoms with Gasteiger partial charge in [0.05, 0.1) is 19.3 Å². The molecular formula is C17H24N2O5. The molecule has 3 unspecified atom stereocenters. The van der Waals surface area contributed by atoms with Crippen LogP contribution in [0.3, 0.4) is 0 Å². The molecule has 7 nitrogen and oxygen atoms in total. The number of amides is 2. The lowest BCUT2D eigenvalue weighted by atomic mass is 9.99. The number of hydrogen-bond donors (Lipinski definition) is 2. The first-order chi connectivity index (χ1) is 11.5. The maximum Gasteiger partial charge on any atom is 0.326 e. The zero-order valence-corrected chi connectivity index (χ0v) is 14.2. The van der Waals surface area contributed by atoms with Crippen LogP contribution in [-0.2, 0) is 9.53 Å². The quantitative estimate of drug-likeness (QED) is 0.859. The van der Waals surface area contributed by atoms with Crippen molar-refractivity contribution in [2.45, 2.75) is 38.0 Å². The maximum atomic E-state index is 12.6. The van der Waals surface area contributed by atoms with Gasteiger partial charge in [-0.2, -0.15) is 0 Å². The van der Waals surface area contributed by atoms with Gasteiger partial charge in [-0.3, -0.25) is 0 Å². The molecule has 7 heteroatoms. The Kier molecular flexibility index (Phi) is 6.03. The number of para-hydroxylation sites is 1. The fourth-order valence-corrected chi connectivity index (χ4v) is 2.99. The van der Waals surface area contributed by atoms with E-state index in [1.165, 1.54) is 4.90 Å². The smallest absolute Gasteiger partial charge is 0.326 e. The number of nitrogens with one attached hydrogen (secondary N) is 1. The highest BCUT2D eigenvalue weighted by Gasteiger charge is 2.36. The van der Waals surface area contributed by atoms with E-state index in [2.05, 4.69) is 5.32 Å². The number of methoxy groups -OCH3 is 2. The van der Waals surface area contributed by atoms with E-state index in [4.69, 9.17) is 9.47 Å². The van der Waals surface area contributed by atoms with Crippen molar-refractivity contribution >= 4 is 12.0 Å². The Morgan fingerprint density at radius 1 is 1.33 bits per heavy atom. The summed E-state index contributed by atoms with van der Waals surface area (Å²) < 4.78 is 10.5. The number of carboxylic acids is 1. The third-order valence-electron chi connectivity index (χ3n) is 4.38. The zero-order valence-electron chi connectivity index (χ0n) is 14.2. The average molecular weight is 336 g/mol. The molecule has 0 saturated carbocycles. The molecule has 132 valence electrons. The van der Waals surface area contributed by atoms with E-state index in [-0.39, 0.29) is 12.1 Å². The highest BCUT2D eigenvalue weighted by atomic mass is 16.5. The number of carbonyl (C=O) groups excluding carboxylic acids is 1. The number of hydrogen-bond acceptors (Lipinski definition) is 4. The highest BCUT2D eigenvalue weighted by molar-refractivity contribution is 5.83. The van der Waals surface area contributed by atoms with Crippen LogP contribution in [0.2, 0.25) is 0 Å². The lowest BCUT2D eigenvalue weighted by Gasteiger charge is -2.37. The molecule has 1 aromatic carbocycles. The number of likely N-dealkylation sites (tertiary alicyclic amines) is 1. The summed E-state index contributed by atoms with van der Waals surface area (Å²) in [6.45, 7) is 2.19. The fraction of sp³-hybridized carbons (Fsp3) is 0.529. The fourth-order valence-electron chi connectivity index (χ4n) is 2.99. The predicted octanol–water partition coefficient (Wildman–Crippen LogP) is 2.03. The van der Waals surface area contributed by atoms with Crippen LogP contribution in [0.5, 0.6) is 5.75 Å². The molecule has 1 saturated heterocycles. The van der Waals surface area contributed by atoms with Gasteiger partial charge < -0.3 is 24.8 Å². The van der Waals surface area contributed by atoms with E-state index in [9.17, 15) is 14.7 Å². The van der Waals surface area contributed by atoms with Crippen molar-refractivity contribution < 1.29 is 24.2 Å².